The van der Waals surface area contributed by atoms with Crippen molar-refractivity contribution in [3.05, 3.63) is 36.5 Å². The van der Waals surface area contributed by atoms with Crippen LogP contribution in [-0.4, -0.2) is 140 Å². The topological polar surface area (TPSA) is 228 Å². The van der Waals surface area contributed by atoms with E-state index in [-0.39, 0.29) is 18.9 Å². The highest BCUT2D eigenvalue weighted by Gasteiger charge is 2.51. The third-order valence-corrected chi connectivity index (χ3v) is 15.3. The van der Waals surface area contributed by atoms with Crippen LogP contribution in [0.15, 0.2) is 36.5 Å². The van der Waals surface area contributed by atoms with Crippen molar-refractivity contribution in [2.75, 3.05) is 19.8 Å². The van der Waals surface area contributed by atoms with Crippen LogP contribution in [0.5, 0.6) is 0 Å². The Morgan fingerprint density at radius 1 is 0.461 bits per heavy atom. The number of aliphatic hydroxyl groups excluding tert-OH is 8. The number of rotatable bonds is 50. The summed E-state index contributed by atoms with van der Waals surface area (Å²) in [5.74, 6) is -0.256. The summed E-state index contributed by atoms with van der Waals surface area (Å²) in [5.41, 5.74) is 0. The van der Waals surface area contributed by atoms with Crippen molar-refractivity contribution < 1.29 is 64.6 Å². The number of aliphatic hydroxyl groups is 8. The first-order chi connectivity index (χ1) is 37.1. The minimum atomic E-state index is -1.79. The van der Waals surface area contributed by atoms with E-state index in [0.717, 1.165) is 44.9 Å². The number of hydrogen-bond donors (Lipinski definition) is 9. The third-order valence-electron chi connectivity index (χ3n) is 15.3. The summed E-state index contributed by atoms with van der Waals surface area (Å²) in [4.78, 5) is 13.1. The van der Waals surface area contributed by atoms with Crippen LogP contribution in [0, 0.1) is 0 Å². The summed E-state index contributed by atoms with van der Waals surface area (Å²) >= 11 is 0. The van der Waals surface area contributed by atoms with Crippen molar-refractivity contribution in [3.8, 4) is 0 Å². The molecule has 2 saturated heterocycles. The van der Waals surface area contributed by atoms with Gasteiger partial charge in [-0.3, -0.25) is 4.79 Å². The zero-order valence-electron chi connectivity index (χ0n) is 48.0. The van der Waals surface area contributed by atoms with Crippen LogP contribution in [0.3, 0.4) is 0 Å². The molecule has 0 bridgehead atoms. The second-order valence-corrected chi connectivity index (χ2v) is 22.2. The molecule has 12 atom stereocenters. The summed E-state index contributed by atoms with van der Waals surface area (Å²) in [6, 6.07) is -0.934. The zero-order chi connectivity index (χ0) is 55.3. The lowest BCUT2D eigenvalue weighted by molar-refractivity contribution is -0.359. The molecule has 0 aromatic rings. The Morgan fingerprint density at radius 2 is 0.842 bits per heavy atom. The van der Waals surface area contributed by atoms with Gasteiger partial charge in [0.1, 0.15) is 48.8 Å². The summed E-state index contributed by atoms with van der Waals surface area (Å²) in [6.45, 7) is 2.75. The fourth-order valence-corrected chi connectivity index (χ4v) is 10.3. The quantitative estimate of drug-likeness (QED) is 0.0204. The van der Waals surface area contributed by atoms with Crippen LogP contribution in [0.2, 0.25) is 0 Å². The van der Waals surface area contributed by atoms with Gasteiger partial charge in [0, 0.05) is 6.42 Å². The molecule has 1 amide bonds. The number of allylic oxidation sites excluding steroid dienone is 5. The van der Waals surface area contributed by atoms with Crippen LogP contribution in [0.25, 0.3) is 0 Å². The standard InChI is InChI=1S/C62H115NO13/c1-3-5-7-9-11-13-14-15-16-17-18-19-20-21-22-23-24-25-26-27-28-29-30-31-32-33-34-35-36-38-39-41-43-45-51(66)50(63-54(67)46-44-42-40-37-12-10-8-6-4-2)49-73-61-59(72)57(70)60(53(48-65)75-61)76-62-58(71)56(69)55(68)52(47-64)74-62/h32-33,36,38,43,45,50-53,55-62,64-66,68-72H,3-31,34-35,37,39-42,44,46-49H2,1-2H3,(H,63,67)/b33-32+,38-36+,45-43+. The van der Waals surface area contributed by atoms with E-state index in [0.29, 0.717) is 12.8 Å². The molecule has 12 unspecified atom stereocenters. The first kappa shape index (κ1) is 70.3. The zero-order valence-corrected chi connectivity index (χ0v) is 48.0. The molecule has 0 radical (unpaired) electrons. The van der Waals surface area contributed by atoms with Gasteiger partial charge in [0.15, 0.2) is 12.6 Å². The van der Waals surface area contributed by atoms with E-state index < -0.39 is 86.8 Å². The Bertz CT molecular complexity index is 1410. The van der Waals surface area contributed by atoms with E-state index in [1.54, 1.807) is 6.08 Å². The van der Waals surface area contributed by atoms with Gasteiger partial charge in [0.05, 0.1) is 32.0 Å². The number of ether oxygens (including phenoxy) is 4. The smallest absolute Gasteiger partial charge is 0.220 e. The molecule has 0 aromatic carbocycles. The number of carbonyl (C=O) groups excluding carboxylic acids is 1. The van der Waals surface area contributed by atoms with Gasteiger partial charge in [-0.1, -0.05) is 243 Å². The van der Waals surface area contributed by atoms with Gasteiger partial charge >= 0.3 is 0 Å². The Labute approximate surface area is 461 Å². The monoisotopic (exact) mass is 1080 g/mol. The van der Waals surface area contributed by atoms with Crippen LogP contribution in [0.1, 0.15) is 258 Å². The van der Waals surface area contributed by atoms with Crippen LogP contribution in [-0.2, 0) is 23.7 Å². The van der Waals surface area contributed by atoms with Gasteiger partial charge in [-0.15, -0.1) is 0 Å². The number of amides is 1. The minimum absolute atomic E-state index is 0.256. The molecule has 76 heavy (non-hydrogen) atoms. The lowest BCUT2D eigenvalue weighted by Gasteiger charge is -2.46. The van der Waals surface area contributed by atoms with Crippen LogP contribution >= 0.6 is 0 Å². The Hall–Kier alpha value is -1.79. The molecular weight excluding hydrogens is 967 g/mol. The lowest BCUT2D eigenvalue weighted by Crippen LogP contribution is -2.65. The predicted octanol–water partition coefficient (Wildman–Crippen LogP) is 11.0. The van der Waals surface area contributed by atoms with Gasteiger partial charge in [0.2, 0.25) is 5.91 Å². The average Bonchev–Trinajstić information content (AvgIpc) is 3.42. The lowest BCUT2D eigenvalue weighted by atomic mass is 9.97. The molecule has 0 saturated carbocycles. The summed E-state index contributed by atoms with van der Waals surface area (Å²) in [7, 11) is 0. The Kier molecular flexibility index (Phi) is 44.4. The maximum Gasteiger partial charge on any atom is 0.220 e. The molecule has 14 nitrogen and oxygen atoms in total. The summed E-state index contributed by atoms with van der Waals surface area (Å²) in [6.07, 6.45) is 42.4. The van der Waals surface area contributed by atoms with Gasteiger partial charge < -0.3 is 65.1 Å². The molecule has 0 aromatic heterocycles. The molecule has 0 spiro atoms. The number of hydrogen-bond acceptors (Lipinski definition) is 13. The molecular formula is C62H115NO13. The second kappa shape index (κ2) is 48.0. The highest BCUT2D eigenvalue weighted by molar-refractivity contribution is 5.76. The highest BCUT2D eigenvalue weighted by atomic mass is 16.7. The van der Waals surface area contributed by atoms with E-state index in [9.17, 15) is 45.6 Å². The highest BCUT2D eigenvalue weighted by Crippen LogP contribution is 2.30. The van der Waals surface area contributed by atoms with Gasteiger partial charge in [-0.25, -0.2) is 0 Å². The van der Waals surface area contributed by atoms with Crippen molar-refractivity contribution in [2.45, 2.75) is 331 Å². The second-order valence-electron chi connectivity index (χ2n) is 22.2. The molecule has 446 valence electrons. The minimum Gasteiger partial charge on any atom is -0.394 e. The molecule has 2 aliphatic heterocycles. The van der Waals surface area contributed by atoms with E-state index in [1.807, 2.05) is 6.08 Å². The molecule has 9 N–H and O–H groups in total. The SMILES string of the molecule is CCCCCCCCCCCCCCCCCCCCCCCCC/C=C/CC/C=C/CC/C=C/C(O)C(COC1OC(CO)C(OC2OC(CO)C(O)C(O)C2O)C(O)C1O)NC(=O)CCCCCCCCCCC. The van der Waals surface area contributed by atoms with Crippen LogP contribution < -0.4 is 5.32 Å². The van der Waals surface area contributed by atoms with Crippen molar-refractivity contribution in [1.82, 2.24) is 5.32 Å². The summed E-state index contributed by atoms with van der Waals surface area (Å²) < 4.78 is 22.7. The maximum atomic E-state index is 13.1. The largest absolute Gasteiger partial charge is 0.394 e. The molecule has 0 aliphatic carbocycles. The molecule has 2 rings (SSSR count). The van der Waals surface area contributed by atoms with Crippen molar-refractivity contribution in [2.24, 2.45) is 0 Å². The van der Waals surface area contributed by atoms with E-state index >= 15 is 0 Å². The Morgan fingerprint density at radius 3 is 1.29 bits per heavy atom. The molecule has 2 heterocycles. The third kappa shape index (κ3) is 33.1. The Balaban J connectivity index is 1.65. The number of carbonyl (C=O) groups is 1. The molecule has 2 fully saturated rings. The number of nitrogens with one attached hydrogen (secondary N) is 1. The first-order valence-electron chi connectivity index (χ1n) is 31.2. The molecule has 2 aliphatic rings. The fourth-order valence-electron chi connectivity index (χ4n) is 10.3. The average molecular weight is 1080 g/mol. The van der Waals surface area contributed by atoms with E-state index in [1.165, 1.54) is 180 Å². The predicted molar refractivity (Wildman–Crippen MR) is 305 cm³/mol. The van der Waals surface area contributed by atoms with Crippen LogP contribution in [0.4, 0.5) is 0 Å². The van der Waals surface area contributed by atoms with Gasteiger partial charge in [0.25, 0.3) is 0 Å². The van der Waals surface area contributed by atoms with Gasteiger partial charge in [-0.05, 0) is 44.9 Å². The van der Waals surface area contributed by atoms with E-state index in [2.05, 4.69) is 43.5 Å². The molecule has 14 heteroatoms. The fraction of sp³-hybridized carbons (Fsp3) is 0.887. The normalized spacial score (nSPS) is 25.1. The van der Waals surface area contributed by atoms with Crippen molar-refractivity contribution in [3.63, 3.8) is 0 Å². The van der Waals surface area contributed by atoms with Crippen molar-refractivity contribution in [1.29, 1.82) is 0 Å². The maximum absolute atomic E-state index is 13.1. The summed E-state index contributed by atoms with van der Waals surface area (Å²) in [5, 5.41) is 86.8. The van der Waals surface area contributed by atoms with Gasteiger partial charge in [-0.2, -0.15) is 0 Å². The first-order valence-corrected chi connectivity index (χ1v) is 31.2. The van der Waals surface area contributed by atoms with E-state index in [4.69, 9.17) is 18.9 Å². The number of unbranched alkanes of at least 4 members (excludes halogenated alkanes) is 33. The van der Waals surface area contributed by atoms with Crippen molar-refractivity contribution >= 4 is 5.91 Å².